The van der Waals surface area contributed by atoms with Crippen LogP contribution in [0.1, 0.15) is 30.9 Å². The van der Waals surface area contributed by atoms with Gasteiger partial charge in [0.15, 0.2) is 0 Å². The molecular formula is C12H14S. The van der Waals surface area contributed by atoms with Crippen LogP contribution in [0.4, 0.5) is 0 Å². The number of rotatable bonds is 1. The lowest BCUT2D eigenvalue weighted by atomic mass is 9.97. The summed E-state index contributed by atoms with van der Waals surface area (Å²) in [5.74, 6) is 0.629. The summed E-state index contributed by atoms with van der Waals surface area (Å²) in [6, 6.07) is 6.83. The van der Waals surface area contributed by atoms with Gasteiger partial charge in [-0.3, -0.25) is 0 Å². The largest absolute Gasteiger partial charge is 0.144 e. The summed E-state index contributed by atoms with van der Waals surface area (Å²) in [5.41, 5.74) is 2.90. The number of fused-ring (bicyclic) bond motifs is 1. The van der Waals surface area contributed by atoms with Crippen LogP contribution in [0.25, 0.3) is 10.1 Å². The van der Waals surface area contributed by atoms with Crippen LogP contribution in [0, 0.1) is 6.92 Å². The molecule has 2 rings (SSSR count). The zero-order chi connectivity index (χ0) is 9.42. The highest BCUT2D eigenvalue weighted by atomic mass is 32.1. The average molecular weight is 190 g/mol. The van der Waals surface area contributed by atoms with Crippen molar-refractivity contribution < 1.29 is 0 Å². The van der Waals surface area contributed by atoms with Gasteiger partial charge in [-0.25, -0.2) is 0 Å². The maximum absolute atomic E-state index is 2.33. The van der Waals surface area contributed by atoms with E-state index in [2.05, 4.69) is 44.4 Å². The molecule has 0 unspecified atom stereocenters. The highest BCUT2D eigenvalue weighted by Crippen LogP contribution is 2.28. The normalized spacial score (nSPS) is 11.4. The summed E-state index contributed by atoms with van der Waals surface area (Å²) in [5, 5.41) is 3.55. The monoisotopic (exact) mass is 190 g/mol. The van der Waals surface area contributed by atoms with E-state index in [1.807, 2.05) is 11.3 Å². The lowest BCUT2D eigenvalue weighted by Gasteiger charge is -2.09. The molecule has 2 aromatic rings. The molecule has 0 nitrogen and oxygen atoms in total. The van der Waals surface area contributed by atoms with Gasteiger partial charge in [0.2, 0.25) is 0 Å². The Hall–Kier alpha value is -0.820. The van der Waals surface area contributed by atoms with Crippen molar-refractivity contribution in [3.63, 3.8) is 0 Å². The Morgan fingerprint density at radius 2 is 2.00 bits per heavy atom. The Balaban J connectivity index is 2.69. The molecule has 0 N–H and O–H groups in total. The molecule has 0 aliphatic carbocycles. The third-order valence-electron chi connectivity index (χ3n) is 2.46. The highest BCUT2D eigenvalue weighted by Gasteiger charge is 2.05. The van der Waals surface area contributed by atoms with Crippen LogP contribution in [0.2, 0.25) is 0 Å². The zero-order valence-electron chi connectivity index (χ0n) is 8.29. The first-order chi connectivity index (χ1) is 6.18. The van der Waals surface area contributed by atoms with Gasteiger partial charge in [-0.2, -0.15) is 0 Å². The summed E-state index contributed by atoms with van der Waals surface area (Å²) in [7, 11) is 0. The van der Waals surface area contributed by atoms with E-state index in [9.17, 15) is 0 Å². The minimum absolute atomic E-state index is 0.629. The van der Waals surface area contributed by atoms with Gasteiger partial charge in [-0.05, 0) is 52.9 Å². The molecule has 0 amide bonds. The van der Waals surface area contributed by atoms with Crippen molar-refractivity contribution >= 4 is 21.4 Å². The Bertz CT molecular complexity index is 424. The number of hydrogen-bond acceptors (Lipinski definition) is 1. The van der Waals surface area contributed by atoms with E-state index in [-0.39, 0.29) is 0 Å². The van der Waals surface area contributed by atoms with Crippen molar-refractivity contribution in [2.24, 2.45) is 0 Å². The fourth-order valence-corrected chi connectivity index (χ4v) is 2.62. The van der Waals surface area contributed by atoms with E-state index in [1.165, 1.54) is 21.2 Å². The molecule has 0 saturated carbocycles. The second-order valence-corrected chi connectivity index (χ2v) is 4.77. The molecule has 1 heterocycles. The molecule has 0 spiro atoms. The second kappa shape index (κ2) is 3.15. The number of thiophene rings is 1. The van der Waals surface area contributed by atoms with Gasteiger partial charge in [0.1, 0.15) is 0 Å². The van der Waals surface area contributed by atoms with Crippen LogP contribution >= 0.6 is 11.3 Å². The predicted molar refractivity (Wildman–Crippen MR) is 60.7 cm³/mol. The Kier molecular flexibility index (Phi) is 2.12. The maximum atomic E-state index is 2.33. The van der Waals surface area contributed by atoms with Gasteiger partial charge >= 0.3 is 0 Å². The van der Waals surface area contributed by atoms with Gasteiger partial charge in [0, 0.05) is 4.70 Å². The average Bonchev–Trinajstić information content (AvgIpc) is 2.48. The Morgan fingerprint density at radius 1 is 1.23 bits per heavy atom. The summed E-state index contributed by atoms with van der Waals surface area (Å²) in [4.78, 5) is 0. The lowest BCUT2D eigenvalue weighted by molar-refractivity contribution is 0.859. The number of benzene rings is 1. The van der Waals surface area contributed by atoms with Crippen LogP contribution in [-0.4, -0.2) is 0 Å². The minimum atomic E-state index is 0.629. The van der Waals surface area contributed by atoms with Crippen molar-refractivity contribution in [1.82, 2.24) is 0 Å². The smallest absolute Gasteiger partial charge is 0.0345 e. The van der Waals surface area contributed by atoms with Gasteiger partial charge in [-0.15, -0.1) is 11.3 Å². The fraction of sp³-hybridized carbons (Fsp3) is 0.333. The van der Waals surface area contributed by atoms with Crippen LogP contribution in [0.5, 0.6) is 0 Å². The summed E-state index contributed by atoms with van der Waals surface area (Å²) in [6.45, 7) is 6.70. The van der Waals surface area contributed by atoms with E-state index in [1.54, 1.807) is 0 Å². The SMILES string of the molecule is Cc1cc2sccc2cc1C(C)C. The molecule has 1 aromatic heterocycles. The summed E-state index contributed by atoms with van der Waals surface area (Å²) in [6.07, 6.45) is 0. The van der Waals surface area contributed by atoms with Crippen molar-refractivity contribution in [3.05, 3.63) is 34.7 Å². The van der Waals surface area contributed by atoms with Crippen molar-refractivity contribution in [3.8, 4) is 0 Å². The quantitative estimate of drug-likeness (QED) is 0.627. The highest BCUT2D eigenvalue weighted by molar-refractivity contribution is 7.17. The third-order valence-corrected chi connectivity index (χ3v) is 3.34. The molecule has 0 fully saturated rings. The molecule has 0 bridgehead atoms. The molecule has 68 valence electrons. The van der Waals surface area contributed by atoms with E-state index in [4.69, 9.17) is 0 Å². The van der Waals surface area contributed by atoms with E-state index >= 15 is 0 Å². The molecule has 0 saturated heterocycles. The van der Waals surface area contributed by atoms with Crippen LogP contribution in [-0.2, 0) is 0 Å². The molecule has 0 atom stereocenters. The van der Waals surface area contributed by atoms with Gasteiger partial charge in [-0.1, -0.05) is 13.8 Å². The second-order valence-electron chi connectivity index (χ2n) is 3.82. The van der Waals surface area contributed by atoms with Gasteiger partial charge in [0.05, 0.1) is 0 Å². The first-order valence-electron chi connectivity index (χ1n) is 4.66. The van der Waals surface area contributed by atoms with E-state index < -0.39 is 0 Å². The topological polar surface area (TPSA) is 0 Å². The Labute approximate surface area is 83.2 Å². The molecular weight excluding hydrogens is 176 g/mol. The van der Waals surface area contributed by atoms with Crippen molar-refractivity contribution in [1.29, 1.82) is 0 Å². The van der Waals surface area contributed by atoms with Gasteiger partial charge < -0.3 is 0 Å². The summed E-state index contributed by atoms with van der Waals surface area (Å²) >= 11 is 1.82. The Morgan fingerprint density at radius 3 is 2.69 bits per heavy atom. The standard InChI is InChI=1S/C12H14S/c1-8(2)11-7-10-4-5-13-12(10)6-9(11)3/h4-8H,1-3H3. The molecule has 0 aliphatic heterocycles. The molecule has 13 heavy (non-hydrogen) atoms. The first-order valence-corrected chi connectivity index (χ1v) is 5.54. The summed E-state index contributed by atoms with van der Waals surface area (Å²) < 4.78 is 1.40. The zero-order valence-corrected chi connectivity index (χ0v) is 9.11. The minimum Gasteiger partial charge on any atom is -0.144 e. The maximum Gasteiger partial charge on any atom is 0.0345 e. The molecule has 0 radical (unpaired) electrons. The van der Waals surface area contributed by atoms with E-state index in [0.717, 1.165) is 0 Å². The first kappa shape index (κ1) is 8.76. The van der Waals surface area contributed by atoms with E-state index in [0.29, 0.717) is 5.92 Å². The molecule has 1 heteroatoms. The predicted octanol–water partition coefficient (Wildman–Crippen LogP) is 4.33. The van der Waals surface area contributed by atoms with Gasteiger partial charge in [0.25, 0.3) is 0 Å². The van der Waals surface area contributed by atoms with Crippen LogP contribution < -0.4 is 0 Å². The number of aryl methyl sites for hydroxylation is 1. The van der Waals surface area contributed by atoms with Crippen LogP contribution in [0.15, 0.2) is 23.6 Å². The van der Waals surface area contributed by atoms with Crippen LogP contribution in [0.3, 0.4) is 0 Å². The molecule has 0 aliphatic rings. The third kappa shape index (κ3) is 1.49. The fourth-order valence-electron chi connectivity index (χ4n) is 1.75. The van der Waals surface area contributed by atoms with Crippen molar-refractivity contribution in [2.75, 3.05) is 0 Å². The number of hydrogen-bond donors (Lipinski definition) is 0. The van der Waals surface area contributed by atoms with Crippen molar-refractivity contribution in [2.45, 2.75) is 26.7 Å². The lowest BCUT2D eigenvalue weighted by Crippen LogP contribution is -1.90. The molecule has 1 aromatic carbocycles.